The molecule has 3 heteroatoms. The van der Waals surface area contributed by atoms with Crippen LogP contribution in [0.5, 0.6) is 0 Å². The van der Waals surface area contributed by atoms with E-state index in [-0.39, 0.29) is 30.9 Å². The second-order valence-electron chi connectivity index (χ2n) is 3.52. The van der Waals surface area contributed by atoms with Crippen LogP contribution >= 0.6 is 0 Å². The molecule has 0 aliphatic carbocycles. The summed E-state index contributed by atoms with van der Waals surface area (Å²) in [6.45, 7) is 7.91. The van der Waals surface area contributed by atoms with Crippen molar-refractivity contribution >= 4 is 5.91 Å². The van der Waals surface area contributed by atoms with Gasteiger partial charge in [-0.3, -0.25) is 0 Å². The van der Waals surface area contributed by atoms with Gasteiger partial charge in [0.1, 0.15) is 0 Å². The molecule has 1 aromatic rings. The molecule has 83 valence electrons. The first kappa shape index (κ1) is 14.3. The Labute approximate surface area is 104 Å². The van der Waals surface area contributed by atoms with Gasteiger partial charge in [0.25, 0.3) is 0 Å². The van der Waals surface area contributed by atoms with Crippen LogP contribution in [-0.2, 0) is 25.0 Å². The zero-order valence-electron chi connectivity index (χ0n) is 9.52. The third kappa shape index (κ3) is 2.66. The summed E-state index contributed by atoms with van der Waals surface area (Å²) in [5.41, 5.74) is 1.46. The van der Waals surface area contributed by atoms with Crippen LogP contribution in [0, 0.1) is 0 Å². The zero-order valence-corrected chi connectivity index (χ0v) is 11.3. The van der Waals surface area contributed by atoms with Gasteiger partial charge in [-0.2, -0.15) is 0 Å². The van der Waals surface area contributed by atoms with E-state index in [1.165, 1.54) is 0 Å². The summed E-state index contributed by atoms with van der Waals surface area (Å²) in [5, 5.41) is 4.05. The summed E-state index contributed by atoms with van der Waals surface area (Å²) in [4.78, 5) is 11.3. The Morgan fingerprint density at radius 1 is 1.13 bits per heavy atom. The second kappa shape index (κ2) is 5.41. The number of benzene rings is 1. The molecule has 0 N–H and O–H groups in total. The van der Waals surface area contributed by atoms with Gasteiger partial charge in [-0.1, -0.05) is 63.1 Å². The number of amides is 1. The molecular weight excluding hydrogens is 275 g/mol. The summed E-state index contributed by atoms with van der Waals surface area (Å²) >= 11 is 0. The van der Waals surface area contributed by atoms with Gasteiger partial charge in [0, 0.05) is 5.56 Å². The number of hydrogen-bond acceptors (Lipinski definition) is 1. The summed E-state index contributed by atoms with van der Waals surface area (Å²) in [6, 6.07) is 7.60. The van der Waals surface area contributed by atoms with Crippen molar-refractivity contribution in [1.82, 2.24) is 0 Å². The number of fused-ring (bicyclic) bond motifs is 1. The van der Waals surface area contributed by atoms with E-state index in [0.717, 1.165) is 11.1 Å². The molecule has 1 aliphatic heterocycles. The number of nitrogens with zero attached hydrogens (tertiary/aromatic N) is 1. The van der Waals surface area contributed by atoms with E-state index in [1.807, 2.05) is 52.0 Å². The third-order valence-electron chi connectivity index (χ3n) is 2.20. The van der Waals surface area contributed by atoms with Crippen molar-refractivity contribution in [2.45, 2.75) is 33.2 Å². The average molecular weight is 291 g/mol. The van der Waals surface area contributed by atoms with Crippen molar-refractivity contribution in [3.8, 4) is 0 Å². The fourth-order valence-electron chi connectivity index (χ4n) is 1.58. The second-order valence-corrected chi connectivity index (χ2v) is 3.52. The maximum atomic E-state index is 11.3. The molecule has 0 bridgehead atoms. The first-order chi connectivity index (χ1) is 6.61. The number of carbonyl (C=O) groups excluding carboxylic acids is 1. The minimum Gasteiger partial charge on any atom is -0.641 e. The van der Waals surface area contributed by atoms with E-state index >= 15 is 0 Å². The van der Waals surface area contributed by atoms with E-state index in [4.69, 9.17) is 0 Å². The third-order valence-corrected chi connectivity index (χ3v) is 2.20. The molecule has 0 saturated heterocycles. The van der Waals surface area contributed by atoms with E-state index in [1.54, 1.807) is 0 Å². The predicted molar refractivity (Wildman–Crippen MR) is 58.5 cm³/mol. The summed E-state index contributed by atoms with van der Waals surface area (Å²) < 4.78 is 0. The Balaban J connectivity index is 0.000000617. The van der Waals surface area contributed by atoms with Crippen LogP contribution in [0.3, 0.4) is 0 Å². The van der Waals surface area contributed by atoms with Crippen LogP contribution in [0.1, 0.15) is 43.6 Å². The SMILES string of the molecule is CC.CC1(C)[N-]C(=O)c2ccccc21.[Ru+]. The smallest absolute Gasteiger partial charge is 0.641 e. The van der Waals surface area contributed by atoms with Crippen molar-refractivity contribution in [2.24, 2.45) is 0 Å². The number of hydrogen-bond donors (Lipinski definition) is 0. The maximum absolute atomic E-state index is 11.3. The standard InChI is InChI=1S/C10H11NO.C2H6.Ru/c1-10(2)8-6-4-3-5-7(8)9(12)11-10;1-2;/h3-6H,1-2H3,(H,11,12);1-2H3;/q;;+1/p-1. The summed E-state index contributed by atoms with van der Waals surface area (Å²) in [5.74, 6) is -0.0874. The molecule has 1 heterocycles. The normalized spacial score (nSPS) is 15.3. The van der Waals surface area contributed by atoms with E-state index < -0.39 is 0 Å². The predicted octanol–water partition coefficient (Wildman–Crippen LogP) is 3.47. The molecule has 1 amide bonds. The van der Waals surface area contributed by atoms with Crippen molar-refractivity contribution in [3.63, 3.8) is 0 Å². The Hall–Kier alpha value is -0.687. The van der Waals surface area contributed by atoms with Gasteiger partial charge in [0.05, 0.1) is 5.91 Å². The van der Waals surface area contributed by atoms with Gasteiger partial charge in [0.2, 0.25) is 0 Å². The largest absolute Gasteiger partial charge is 1.00 e. The van der Waals surface area contributed by atoms with E-state index in [9.17, 15) is 4.79 Å². The molecule has 1 aromatic carbocycles. The molecule has 0 saturated carbocycles. The van der Waals surface area contributed by atoms with Gasteiger partial charge in [0.15, 0.2) is 0 Å². The molecule has 0 aromatic heterocycles. The molecule has 2 rings (SSSR count). The number of carbonyl (C=O) groups is 1. The van der Waals surface area contributed by atoms with Crippen LogP contribution in [0.25, 0.3) is 5.32 Å². The van der Waals surface area contributed by atoms with Gasteiger partial charge in [-0.05, 0) is 0 Å². The maximum Gasteiger partial charge on any atom is 1.00 e. The van der Waals surface area contributed by atoms with Crippen LogP contribution in [0.2, 0.25) is 0 Å². The van der Waals surface area contributed by atoms with Crippen molar-refractivity contribution in [3.05, 3.63) is 40.7 Å². The fraction of sp³-hybridized carbons (Fsp3) is 0.417. The van der Waals surface area contributed by atoms with Gasteiger partial charge in [-0.25, -0.2) is 0 Å². The van der Waals surface area contributed by atoms with Crippen molar-refractivity contribution < 1.29 is 24.3 Å². The summed E-state index contributed by atoms with van der Waals surface area (Å²) in [7, 11) is 0. The Morgan fingerprint density at radius 3 is 2.20 bits per heavy atom. The molecule has 0 fully saturated rings. The topological polar surface area (TPSA) is 31.2 Å². The minimum absolute atomic E-state index is 0. The molecular formula is C12H16NORu. The van der Waals surface area contributed by atoms with Crippen LogP contribution in [-0.4, -0.2) is 5.91 Å². The fourth-order valence-corrected chi connectivity index (χ4v) is 1.58. The molecule has 1 aliphatic rings. The van der Waals surface area contributed by atoms with Crippen molar-refractivity contribution in [1.29, 1.82) is 0 Å². The number of rotatable bonds is 0. The Kier molecular flexibility index (Phi) is 5.16. The molecule has 0 spiro atoms. The minimum atomic E-state index is -0.326. The Bertz CT molecular complexity index is 347. The summed E-state index contributed by atoms with van der Waals surface area (Å²) in [6.07, 6.45) is 0. The molecule has 0 atom stereocenters. The first-order valence-corrected chi connectivity index (χ1v) is 4.98. The van der Waals surface area contributed by atoms with Crippen LogP contribution in [0.4, 0.5) is 0 Å². The molecule has 15 heavy (non-hydrogen) atoms. The van der Waals surface area contributed by atoms with E-state index in [2.05, 4.69) is 5.32 Å². The quantitative estimate of drug-likeness (QED) is 0.673. The molecule has 2 nitrogen and oxygen atoms in total. The van der Waals surface area contributed by atoms with Gasteiger partial charge >= 0.3 is 19.5 Å². The van der Waals surface area contributed by atoms with Gasteiger partial charge in [-0.15, -0.1) is 0 Å². The Morgan fingerprint density at radius 2 is 1.67 bits per heavy atom. The van der Waals surface area contributed by atoms with Crippen molar-refractivity contribution in [2.75, 3.05) is 0 Å². The zero-order chi connectivity index (χ0) is 10.8. The van der Waals surface area contributed by atoms with Crippen LogP contribution < -0.4 is 0 Å². The van der Waals surface area contributed by atoms with Crippen LogP contribution in [0.15, 0.2) is 24.3 Å². The first-order valence-electron chi connectivity index (χ1n) is 4.98. The van der Waals surface area contributed by atoms with E-state index in [0.29, 0.717) is 0 Å². The monoisotopic (exact) mass is 292 g/mol. The van der Waals surface area contributed by atoms with Gasteiger partial charge < -0.3 is 10.1 Å². The molecule has 0 unspecified atom stereocenters. The average Bonchev–Trinajstić information content (AvgIpc) is 2.42. The molecule has 1 radical (unpaired) electrons.